The lowest BCUT2D eigenvalue weighted by Gasteiger charge is -2.26. The normalized spacial score (nSPS) is 25.9. The summed E-state index contributed by atoms with van der Waals surface area (Å²) in [6.45, 7) is 3.39. The van der Waals surface area contributed by atoms with E-state index in [0.29, 0.717) is 37.6 Å². The topological polar surface area (TPSA) is 78.2 Å². The second-order valence-electron chi connectivity index (χ2n) is 7.84. The first-order valence-corrected chi connectivity index (χ1v) is 9.65. The standard InChI is InChI=1S/C19H18F2N6O2/c20-17-15(1-2-22-18(17)21)29-9-13-11-5-26(6-12(11)13)16-4-23-14-3-24-27(19(14)25-16)10-7-28-8-10/h1-4,10-13H,5-9H2/t11-,12+,13?. The van der Waals surface area contributed by atoms with Crippen molar-refractivity contribution in [1.29, 1.82) is 0 Å². The maximum atomic E-state index is 13.7. The molecule has 0 N–H and O–H groups in total. The molecule has 8 nitrogen and oxygen atoms in total. The van der Waals surface area contributed by atoms with E-state index in [1.165, 1.54) is 12.3 Å². The number of hydrogen-bond donors (Lipinski definition) is 0. The van der Waals surface area contributed by atoms with E-state index in [2.05, 4.69) is 20.0 Å². The Morgan fingerprint density at radius 3 is 2.72 bits per heavy atom. The molecular weight excluding hydrogens is 382 g/mol. The third-order valence-electron chi connectivity index (χ3n) is 6.19. The summed E-state index contributed by atoms with van der Waals surface area (Å²) in [6.07, 6.45) is 4.73. The molecule has 1 unspecified atom stereocenters. The predicted molar refractivity (Wildman–Crippen MR) is 97.5 cm³/mol. The summed E-state index contributed by atoms with van der Waals surface area (Å²) in [5, 5.41) is 4.40. The number of aromatic nitrogens is 5. The minimum absolute atomic E-state index is 0.0797. The molecule has 3 aromatic heterocycles. The molecule has 0 amide bonds. The molecule has 5 heterocycles. The largest absolute Gasteiger partial charge is 0.490 e. The van der Waals surface area contributed by atoms with Crippen LogP contribution in [0.3, 0.4) is 0 Å². The highest BCUT2D eigenvalue weighted by Crippen LogP contribution is 2.52. The van der Waals surface area contributed by atoms with Crippen LogP contribution in [0.15, 0.2) is 24.7 Å². The lowest BCUT2D eigenvalue weighted by molar-refractivity contribution is -0.0269. The van der Waals surface area contributed by atoms with Crippen molar-refractivity contribution in [3.8, 4) is 5.75 Å². The summed E-state index contributed by atoms with van der Waals surface area (Å²) in [7, 11) is 0. The molecule has 0 radical (unpaired) electrons. The monoisotopic (exact) mass is 400 g/mol. The van der Waals surface area contributed by atoms with Gasteiger partial charge < -0.3 is 14.4 Å². The van der Waals surface area contributed by atoms with Crippen LogP contribution in [0.1, 0.15) is 6.04 Å². The Bertz CT molecular complexity index is 1080. The number of nitrogens with zero attached hydrogens (tertiary/aromatic N) is 6. The Morgan fingerprint density at radius 2 is 1.97 bits per heavy atom. The molecular formula is C19H18F2N6O2. The first-order valence-electron chi connectivity index (χ1n) is 9.65. The summed E-state index contributed by atoms with van der Waals surface area (Å²) >= 11 is 0. The average Bonchev–Trinajstić information content (AvgIpc) is 3.03. The van der Waals surface area contributed by atoms with Crippen molar-refractivity contribution >= 4 is 17.0 Å². The third-order valence-corrected chi connectivity index (χ3v) is 6.19. The van der Waals surface area contributed by atoms with Gasteiger partial charge in [0, 0.05) is 31.3 Å². The van der Waals surface area contributed by atoms with Gasteiger partial charge in [0.05, 0.1) is 32.2 Å². The van der Waals surface area contributed by atoms with E-state index >= 15 is 0 Å². The zero-order valence-electron chi connectivity index (χ0n) is 15.4. The smallest absolute Gasteiger partial charge is 0.252 e. The number of piperidine rings is 1. The van der Waals surface area contributed by atoms with Gasteiger partial charge in [-0.3, -0.25) is 0 Å². The number of hydrogen-bond acceptors (Lipinski definition) is 7. The molecule has 0 bridgehead atoms. The Labute approximate surface area is 164 Å². The third kappa shape index (κ3) is 2.73. The quantitative estimate of drug-likeness (QED) is 0.605. The molecule has 1 saturated carbocycles. The van der Waals surface area contributed by atoms with Crippen LogP contribution in [-0.2, 0) is 4.74 Å². The van der Waals surface area contributed by atoms with E-state index in [1.54, 1.807) is 12.4 Å². The second-order valence-corrected chi connectivity index (χ2v) is 7.84. The number of halogens is 2. The summed E-state index contributed by atoms with van der Waals surface area (Å²) < 4.78 is 39.5. The molecule has 3 aliphatic rings. The van der Waals surface area contributed by atoms with Crippen molar-refractivity contribution in [1.82, 2.24) is 24.7 Å². The molecule has 150 valence electrons. The van der Waals surface area contributed by atoms with Gasteiger partial charge >= 0.3 is 0 Å². The highest BCUT2D eigenvalue weighted by Gasteiger charge is 2.56. The predicted octanol–water partition coefficient (Wildman–Crippen LogP) is 1.83. The van der Waals surface area contributed by atoms with Gasteiger partial charge in [0.25, 0.3) is 5.95 Å². The van der Waals surface area contributed by atoms with Crippen molar-refractivity contribution in [2.24, 2.45) is 17.8 Å². The molecule has 3 atom stereocenters. The van der Waals surface area contributed by atoms with Crippen LogP contribution in [0.4, 0.5) is 14.6 Å². The van der Waals surface area contributed by atoms with Crippen molar-refractivity contribution in [2.75, 3.05) is 37.8 Å². The Morgan fingerprint density at radius 1 is 1.14 bits per heavy atom. The first kappa shape index (κ1) is 17.0. The van der Waals surface area contributed by atoms with Gasteiger partial charge in [0.1, 0.15) is 17.4 Å². The Balaban J connectivity index is 1.12. The molecule has 29 heavy (non-hydrogen) atoms. The highest BCUT2D eigenvalue weighted by molar-refractivity contribution is 5.71. The van der Waals surface area contributed by atoms with Crippen LogP contribution in [-0.4, -0.2) is 57.6 Å². The number of pyridine rings is 1. The van der Waals surface area contributed by atoms with Crippen LogP contribution >= 0.6 is 0 Å². The summed E-state index contributed by atoms with van der Waals surface area (Å²) in [5.41, 5.74) is 1.56. The minimum atomic E-state index is -1.13. The molecule has 0 spiro atoms. The molecule has 2 saturated heterocycles. The summed E-state index contributed by atoms with van der Waals surface area (Å²) in [6, 6.07) is 1.58. The molecule has 0 aromatic carbocycles. The lowest BCUT2D eigenvalue weighted by atomic mass is 10.2. The number of fused-ring (bicyclic) bond motifs is 2. The first-order chi connectivity index (χ1) is 14.2. The fraction of sp³-hybridized carbons (Fsp3) is 0.474. The molecule has 1 aliphatic carbocycles. The van der Waals surface area contributed by atoms with E-state index < -0.39 is 11.8 Å². The van der Waals surface area contributed by atoms with Gasteiger partial charge in [0.15, 0.2) is 11.4 Å². The maximum absolute atomic E-state index is 13.7. The van der Waals surface area contributed by atoms with E-state index in [-0.39, 0.29) is 11.8 Å². The van der Waals surface area contributed by atoms with Crippen molar-refractivity contribution in [2.45, 2.75) is 6.04 Å². The fourth-order valence-electron chi connectivity index (χ4n) is 4.38. The zero-order valence-corrected chi connectivity index (χ0v) is 15.4. The number of rotatable bonds is 5. The maximum Gasteiger partial charge on any atom is 0.252 e. The van der Waals surface area contributed by atoms with Crippen molar-refractivity contribution in [3.63, 3.8) is 0 Å². The number of ether oxygens (including phenoxy) is 2. The molecule has 3 fully saturated rings. The van der Waals surface area contributed by atoms with E-state index in [4.69, 9.17) is 14.5 Å². The molecule has 6 rings (SSSR count). The SMILES string of the molecule is Fc1nccc(OCC2[C@H]3CN(c4cnc5cnn(C6COC6)c5n4)C[C@@H]23)c1F. The van der Waals surface area contributed by atoms with Crippen LogP contribution in [0.2, 0.25) is 0 Å². The average molecular weight is 400 g/mol. The van der Waals surface area contributed by atoms with E-state index in [9.17, 15) is 8.78 Å². The van der Waals surface area contributed by atoms with E-state index in [1.807, 2.05) is 4.68 Å². The highest BCUT2D eigenvalue weighted by atomic mass is 19.2. The molecule has 3 aromatic rings. The second kappa shape index (κ2) is 6.31. The van der Waals surface area contributed by atoms with Crippen LogP contribution in [0, 0.1) is 29.5 Å². The van der Waals surface area contributed by atoms with Crippen LogP contribution in [0.25, 0.3) is 11.2 Å². The van der Waals surface area contributed by atoms with Crippen molar-refractivity contribution < 1.29 is 18.3 Å². The summed E-state index contributed by atoms with van der Waals surface area (Å²) in [4.78, 5) is 14.8. The van der Waals surface area contributed by atoms with Gasteiger partial charge in [-0.15, -0.1) is 0 Å². The fourth-order valence-corrected chi connectivity index (χ4v) is 4.38. The van der Waals surface area contributed by atoms with Crippen LogP contribution < -0.4 is 9.64 Å². The molecule has 2 aliphatic heterocycles. The van der Waals surface area contributed by atoms with Gasteiger partial charge in [-0.1, -0.05) is 0 Å². The van der Waals surface area contributed by atoms with Gasteiger partial charge in [-0.25, -0.2) is 19.6 Å². The Hall–Kier alpha value is -2.88. The molecule has 10 heteroatoms. The minimum Gasteiger partial charge on any atom is -0.490 e. The van der Waals surface area contributed by atoms with Crippen molar-refractivity contribution in [3.05, 3.63) is 36.4 Å². The van der Waals surface area contributed by atoms with Gasteiger partial charge in [-0.05, 0) is 11.8 Å². The van der Waals surface area contributed by atoms with Gasteiger partial charge in [0.2, 0.25) is 5.82 Å². The van der Waals surface area contributed by atoms with Crippen LogP contribution in [0.5, 0.6) is 5.75 Å². The summed E-state index contributed by atoms with van der Waals surface area (Å²) in [5.74, 6) is -0.128. The lowest BCUT2D eigenvalue weighted by Crippen LogP contribution is -2.31. The zero-order chi connectivity index (χ0) is 19.5. The van der Waals surface area contributed by atoms with E-state index in [0.717, 1.165) is 30.1 Å². The Kier molecular flexibility index (Phi) is 3.70. The number of anilines is 1. The van der Waals surface area contributed by atoms with Gasteiger partial charge in [-0.2, -0.15) is 13.9 Å².